The maximum Gasteiger partial charge on any atom is 0.171 e. The van der Waals surface area contributed by atoms with E-state index in [1.54, 1.807) is 6.92 Å². The molecule has 2 aromatic rings. The summed E-state index contributed by atoms with van der Waals surface area (Å²) >= 11 is 1.08. The van der Waals surface area contributed by atoms with Crippen LogP contribution < -0.4 is 0 Å². The fourth-order valence-corrected chi connectivity index (χ4v) is 2.49. The number of Topliss-reactive ketones (excluding diaryl/α,β-unsaturated/α-hetero) is 1. The first-order valence-electron chi connectivity index (χ1n) is 4.93. The topological polar surface area (TPSA) is 30.0 Å². The van der Waals surface area contributed by atoms with Crippen LogP contribution in [-0.2, 0) is 0 Å². The lowest BCUT2D eigenvalue weighted by Crippen LogP contribution is -1.89. The molecule has 0 aliphatic rings. The van der Waals surface area contributed by atoms with Gasteiger partial charge >= 0.3 is 0 Å². The molecule has 0 unspecified atom stereocenters. The zero-order valence-corrected chi connectivity index (χ0v) is 10.1. The molecule has 17 heavy (non-hydrogen) atoms. The number of ketones is 1. The van der Waals surface area contributed by atoms with Crippen molar-refractivity contribution in [2.24, 2.45) is 0 Å². The van der Waals surface area contributed by atoms with Crippen molar-refractivity contribution < 1.29 is 13.6 Å². The minimum absolute atomic E-state index is 0.0885. The summed E-state index contributed by atoms with van der Waals surface area (Å²) in [6, 6.07) is 3.91. The number of thiazole rings is 1. The molecule has 1 heterocycles. The molecule has 88 valence electrons. The van der Waals surface area contributed by atoms with Crippen molar-refractivity contribution in [3.63, 3.8) is 0 Å². The highest BCUT2D eigenvalue weighted by molar-refractivity contribution is 7.17. The van der Waals surface area contributed by atoms with Gasteiger partial charge in [-0.2, -0.15) is 0 Å². The second-order valence-electron chi connectivity index (χ2n) is 3.59. The predicted octanol–water partition coefficient (Wildman–Crippen LogP) is 3.60. The van der Waals surface area contributed by atoms with E-state index in [2.05, 4.69) is 4.98 Å². The van der Waals surface area contributed by atoms with Crippen LogP contribution in [-0.4, -0.2) is 10.8 Å². The van der Waals surface area contributed by atoms with Gasteiger partial charge in [-0.1, -0.05) is 6.07 Å². The molecular weight excluding hydrogens is 244 g/mol. The highest BCUT2D eigenvalue weighted by Gasteiger charge is 2.17. The molecular formula is C12H9F2NOS. The van der Waals surface area contributed by atoms with Crippen molar-refractivity contribution in [2.45, 2.75) is 13.8 Å². The number of aromatic nitrogens is 1. The SMILES string of the molecule is CC(=O)c1sc(-c2cccc(F)c2F)nc1C. The van der Waals surface area contributed by atoms with E-state index < -0.39 is 11.6 Å². The second kappa shape index (κ2) is 4.33. The van der Waals surface area contributed by atoms with E-state index in [4.69, 9.17) is 0 Å². The van der Waals surface area contributed by atoms with Crippen molar-refractivity contribution in [1.82, 2.24) is 4.98 Å². The number of benzene rings is 1. The van der Waals surface area contributed by atoms with Gasteiger partial charge in [0.25, 0.3) is 0 Å². The maximum absolute atomic E-state index is 13.5. The van der Waals surface area contributed by atoms with E-state index in [9.17, 15) is 13.6 Å². The monoisotopic (exact) mass is 253 g/mol. The van der Waals surface area contributed by atoms with E-state index in [1.807, 2.05) is 0 Å². The molecule has 0 fully saturated rings. The molecule has 2 nitrogen and oxygen atoms in total. The van der Waals surface area contributed by atoms with Crippen LogP contribution in [0.25, 0.3) is 10.6 Å². The van der Waals surface area contributed by atoms with Crippen LogP contribution in [0, 0.1) is 18.6 Å². The average Bonchev–Trinajstić information content (AvgIpc) is 2.64. The lowest BCUT2D eigenvalue weighted by Gasteiger charge is -1.98. The summed E-state index contributed by atoms with van der Waals surface area (Å²) < 4.78 is 26.6. The molecule has 0 radical (unpaired) electrons. The Morgan fingerprint density at radius 2 is 2.06 bits per heavy atom. The molecule has 0 spiro atoms. The molecule has 0 aliphatic carbocycles. The van der Waals surface area contributed by atoms with Crippen LogP contribution in [0.3, 0.4) is 0 Å². The summed E-state index contributed by atoms with van der Waals surface area (Å²) in [6.45, 7) is 3.10. The predicted molar refractivity (Wildman–Crippen MR) is 62.2 cm³/mol. The van der Waals surface area contributed by atoms with E-state index >= 15 is 0 Å². The molecule has 0 saturated heterocycles. The standard InChI is InChI=1S/C12H9F2NOS/c1-6-11(7(2)16)17-12(15-6)8-4-3-5-9(13)10(8)14/h3-5H,1-2H3. The molecule has 0 amide bonds. The summed E-state index contributed by atoms with van der Waals surface area (Å²) in [7, 11) is 0. The van der Waals surface area contributed by atoms with Crippen LogP contribution in [0.4, 0.5) is 8.78 Å². The summed E-state index contributed by atoms with van der Waals surface area (Å²) in [5, 5.41) is 0.324. The quantitative estimate of drug-likeness (QED) is 0.765. The van der Waals surface area contributed by atoms with E-state index in [0.717, 1.165) is 17.4 Å². The third-order valence-corrected chi connectivity index (χ3v) is 3.59. The van der Waals surface area contributed by atoms with E-state index in [0.29, 0.717) is 15.6 Å². The van der Waals surface area contributed by atoms with Gasteiger partial charge in [0.1, 0.15) is 5.01 Å². The van der Waals surface area contributed by atoms with Gasteiger partial charge in [-0.25, -0.2) is 13.8 Å². The van der Waals surface area contributed by atoms with Gasteiger partial charge in [0.2, 0.25) is 0 Å². The van der Waals surface area contributed by atoms with Crippen LogP contribution in [0.15, 0.2) is 18.2 Å². The molecule has 0 aliphatic heterocycles. The van der Waals surface area contributed by atoms with Crippen molar-refractivity contribution in [2.75, 3.05) is 0 Å². The van der Waals surface area contributed by atoms with Crippen LogP contribution >= 0.6 is 11.3 Å². The van der Waals surface area contributed by atoms with E-state index in [1.165, 1.54) is 19.1 Å². The summed E-state index contributed by atoms with van der Waals surface area (Å²) in [5.74, 6) is -1.97. The fourth-order valence-electron chi connectivity index (χ4n) is 1.51. The third-order valence-electron chi connectivity index (χ3n) is 2.30. The van der Waals surface area contributed by atoms with Gasteiger partial charge < -0.3 is 0 Å². The van der Waals surface area contributed by atoms with Crippen molar-refractivity contribution >= 4 is 17.1 Å². The third kappa shape index (κ3) is 2.10. The number of aryl methyl sites for hydroxylation is 1. The lowest BCUT2D eigenvalue weighted by atomic mass is 10.2. The van der Waals surface area contributed by atoms with E-state index in [-0.39, 0.29) is 11.3 Å². The van der Waals surface area contributed by atoms with Gasteiger partial charge in [0, 0.05) is 12.5 Å². The normalized spacial score (nSPS) is 10.6. The Morgan fingerprint density at radius 1 is 1.35 bits per heavy atom. The minimum atomic E-state index is -0.934. The molecule has 0 bridgehead atoms. The highest BCUT2D eigenvalue weighted by Crippen LogP contribution is 2.30. The Kier molecular flexibility index (Phi) is 3.02. The highest BCUT2D eigenvalue weighted by atomic mass is 32.1. The zero-order chi connectivity index (χ0) is 12.6. The van der Waals surface area contributed by atoms with Gasteiger partial charge in [-0.15, -0.1) is 11.3 Å². The number of nitrogens with zero attached hydrogens (tertiary/aromatic N) is 1. The van der Waals surface area contributed by atoms with Crippen molar-refractivity contribution in [1.29, 1.82) is 0 Å². The van der Waals surface area contributed by atoms with Crippen molar-refractivity contribution in [3.05, 3.63) is 40.4 Å². The lowest BCUT2D eigenvalue weighted by molar-refractivity contribution is 0.102. The molecule has 2 rings (SSSR count). The first-order chi connectivity index (χ1) is 8.00. The largest absolute Gasteiger partial charge is 0.294 e. The van der Waals surface area contributed by atoms with Gasteiger partial charge in [-0.05, 0) is 19.1 Å². The number of halogens is 2. The first-order valence-corrected chi connectivity index (χ1v) is 5.75. The Labute approximate surface area is 101 Å². The van der Waals surface area contributed by atoms with Gasteiger partial charge in [-0.3, -0.25) is 4.79 Å². The summed E-state index contributed by atoms with van der Waals surface area (Å²) in [5.41, 5.74) is 0.631. The van der Waals surface area contributed by atoms with Gasteiger partial charge in [0.05, 0.1) is 10.6 Å². The second-order valence-corrected chi connectivity index (χ2v) is 4.59. The molecule has 0 atom stereocenters. The summed E-state index contributed by atoms with van der Waals surface area (Å²) in [4.78, 5) is 15.8. The summed E-state index contributed by atoms with van der Waals surface area (Å²) in [6.07, 6.45) is 0. The molecule has 0 N–H and O–H groups in total. The van der Waals surface area contributed by atoms with Crippen LogP contribution in [0.1, 0.15) is 22.3 Å². The molecule has 1 aromatic heterocycles. The Balaban J connectivity index is 2.58. The Morgan fingerprint density at radius 3 is 2.65 bits per heavy atom. The minimum Gasteiger partial charge on any atom is -0.294 e. The van der Waals surface area contributed by atoms with Crippen LogP contribution in [0.5, 0.6) is 0 Å². The number of hydrogen-bond acceptors (Lipinski definition) is 3. The molecule has 0 saturated carbocycles. The molecule has 1 aromatic carbocycles. The zero-order valence-electron chi connectivity index (χ0n) is 9.25. The smallest absolute Gasteiger partial charge is 0.171 e. The Bertz CT molecular complexity index is 592. The fraction of sp³-hybridized carbons (Fsp3) is 0.167. The van der Waals surface area contributed by atoms with Crippen molar-refractivity contribution in [3.8, 4) is 10.6 Å². The number of carbonyl (C=O) groups excluding carboxylic acids is 1. The first kappa shape index (κ1) is 11.9. The number of carbonyl (C=O) groups is 1. The molecule has 5 heteroatoms. The number of hydrogen-bond donors (Lipinski definition) is 0. The number of rotatable bonds is 2. The maximum atomic E-state index is 13.5. The van der Waals surface area contributed by atoms with Gasteiger partial charge in [0.15, 0.2) is 17.4 Å². The average molecular weight is 253 g/mol. The Hall–Kier alpha value is -1.62. The van der Waals surface area contributed by atoms with Crippen LogP contribution in [0.2, 0.25) is 0 Å².